The molecular formula is C22H28N2O4S. The first-order valence-corrected chi connectivity index (χ1v) is 11.6. The molecule has 2 aromatic carbocycles. The first kappa shape index (κ1) is 21.3. The highest BCUT2D eigenvalue weighted by Crippen LogP contribution is 2.31. The number of hydrogen-bond acceptors (Lipinski definition) is 4. The molecule has 0 unspecified atom stereocenters. The molecule has 29 heavy (non-hydrogen) atoms. The van der Waals surface area contributed by atoms with Crippen molar-refractivity contribution in [3.63, 3.8) is 0 Å². The van der Waals surface area contributed by atoms with Crippen molar-refractivity contribution >= 4 is 21.6 Å². The van der Waals surface area contributed by atoms with E-state index in [9.17, 15) is 13.2 Å². The van der Waals surface area contributed by atoms with Crippen LogP contribution in [0.25, 0.3) is 0 Å². The largest absolute Gasteiger partial charge is 0.492 e. The predicted molar refractivity (Wildman–Crippen MR) is 114 cm³/mol. The van der Waals surface area contributed by atoms with Gasteiger partial charge in [-0.15, -0.1) is 0 Å². The molecule has 0 aromatic heterocycles. The van der Waals surface area contributed by atoms with Gasteiger partial charge in [-0.2, -0.15) is 4.31 Å². The Balaban J connectivity index is 1.88. The SMILES string of the molecule is CCOc1ccc(NC(=O)c2ccc(CC)cc2)cc1S(=O)(=O)N1CCCCC1. The monoisotopic (exact) mass is 416 g/mol. The number of hydrogen-bond donors (Lipinski definition) is 1. The van der Waals surface area contributed by atoms with Crippen molar-refractivity contribution in [2.24, 2.45) is 0 Å². The molecule has 1 heterocycles. The maximum absolute atomic E-state index is 13.2. The number of carbonyl (C=O) groups is 1. The third kappa shape index (κ3) is 4.97. The summed E-state index contributed by atoms with van der Waals surface area (Å²) in [6.45, 7) is 5.24. The van der Waals surface area contributed by atoms with E-state index in [2.05, 4.69) is 12.2 Å². The van der Waals surface area contributed by atoms with Crippen LogP contribution in [0, 0.1) is 0 Å². The Morgan fingerprint density at radius 1 is 1.03 bits per heavy atom. The molecule has 3 rings (SSSR count). The van der Waals surface area contributed by atoms with Crippen LogP contribution < -0.4 is 10.1 Å². The third-order valence-electron chi connectivity index (χ3n) is 5.06. The van der Waals surface area contributed by atoms with Gasteiger partial charge < -0.3 is 10.1 Å². The fourth-order valence-electron chi connectivity index (χ4n) is 3.40. The maximum atomic E-state index is 13.2. The van der Waals surface area contributed by atoms with Crippen molar-refractivity contribution in [1.29, 1.82) is 0 Å². The number of nitrogens with zero attached hydrogens (tertiary/aromatic N) is 1. The number of piperidine rings is 1. The van der Waals surface area contributed by atoms with Gasteiger partial charge in [0.15, 0.2) is 0 Å². The molecule has 7 heteroatoms. The van der Waals surface area contributed by atoms with Crippen molar-refractivity contribution in [1.82, 2.24) is 4.31 Å². The van der Waals surface area contributed by atoms with Crippen LogP contribution >= 0.6 is 0 Å². The number of carbonyl (C=O) groups excluding carboxylic acids is 1. The number of rotatable bonds is 7. The quantitative estimate of drug-likeness (QED) is 0.738. The van der Waals surface area contributed by atoms with Gasteiger partial charge in [0, 0.05) is 24.3 Å². The fourth-order valence-corrected chi connectivity index (χ4v) is 5.08. The molecule has 1 aliphatic heterocycles. The molecule has 2 aromatic rings. The van der Waals surface area contributed by atoms with Crippen LogP contribution in [-0.2, 0) is 16.4 Å². The number of sulfonamides is 1. The molecule has 1 N–H and O–H groups in total. The molecule has 0 spiro atoms. The van der Waals surface area contributed by atoms with Crippen LogP contribution in [0.2, 0.25) is 0 Å². The van der Waals surface area contributed by atoms with Crippen LogP contribution in [0.4, 0.5) is 5.69 Å². The molecule has 0 aliphatic carbocycles. The zero-order valence-electron chi connectivity index (χ0n) is 17.0. The van der Waals surface area contributed by atoms with E-state index in [1.54, 1.807) is 24.3 Å². The van der Waals surface area contributed by atoms with Gasteiger partial charge in [0.25, 0.3) is 5.91 Å². The summed E-state index contributed by atoms with van der Waals surface area (Å²) in [6, 6.07) is 12.1. The second-order valence-electron chi connectivity index (χ2n) is 7.06. The molecule has 1 fully saturated rings. The summed E-state index contributed by atoms with van der Waals surface area (Å²) in [6.07, 6.45) is 3.65. The van der Waals surface area contributed by atoms with E-state index in [1.807, 2.05) is 19.1 Å². The Morgan fingerprint density at radius 2 is 1.72 bits per heavy atom. The Labute approximate surface area is 172 Å². The predicted octanol–water partition coefficient (Wildman–Crippen LogP) is 4.07. The van der Waals surface area contributed by atoms with Gasteiger partial charge in [-0.1, -0.05) is 25.5 Å². The number of nitrogens with one attached hydrogen (secondary N) is 1. The van der Waals surface area contributed by atoms with Crippen LogP contribution in [0.1, 0.15) is 49.0 Å². The molecule has 0 saturated carbocycles. The number of benzene rings is 2. The molecule has 1 amide bonds. The van der Waals surface area contributed by atoms with E-state index in [0.717, 1.165) is 31.2 Å². The van der Waals surface area contributed by atoms with E-state index < -0.39 is 10.0 Å². The molecule has 0 radical (unpaired) electrons. The second-order valence-corrected chi connectivity index (χ2v) is 8.97. The van der Waals surface area contributed by atoms with Gasteiger partial charge in [-0.05, 0) is 62.1 Å². The second kappa shape index (κ2) is 9.41. The van der Waals surface area contributed by atoms with Crippen molar-refractivity contribution < 1.29 is 17.9 Å². The van der Waals surface area contributed by atoms with Gasteiger partial charge >= 0.3 is 0 Å². The Bertz CT molecular complexity index is 949. The third-order valence-corrected chi connectivity index (χ3v) is 6.98. The van der Waals surface area contributed by atoms with Gasteiger partial charge in [0.2, 0.25) is 10.0 Å². The summed E-state index contributed by atoms with van der Waals surface area (Å²) in [5.74, 6) is 0.0292. The number of aryl methyl sites for hydroxylation is 1. The van der Waals surface area contributed by atoms with Crippen LogP contribution in [-0.4, -0.2) is 38.3 Å². The molecule has 0 bridgehead atoms. The summed E-state index contributed by atoms with van der Waals surface area (Å²) in [7, 11) is -3.69. The van der Waals surface area contributed by atoms with Gasteiger partial charge in [0.05, 0.1) is 6.61 Å². The number of ether oxygens (including phenoxy) is 1. The van der Waals surface area contributed by atoms with Crippen molar-refractivity contribution in [2.75, 3.05) is 25.0 Å². The van der Waals surface area contributed by atoms with Gasteiger partial charge in [0.1, 0.15) is 10.6 Å². The lowest BCUT2D eigenvalue weighted by atomic mass is 10.1. The van der Waals surface area contributed by atoms with E-state index >= 15 is 0 Å². The standard InChI is InChI=1S/C22H28N2O4S/c1-3-17-8-10-18(11-9-17)22(25)23-19-12-13-20(28-4-2)21(16-19)29(26,27)24-14-6-5-7-15-24/h8-13,16H,3-7,14-15H2,1-2H3,(H,23,25). The lowest BCUT2D eigenvalue weighted by molar-refractivity contribution is 0.102. The molecule has 0 atom stereocenters. The smallest absolute Gasteiger partial charge is 0.255 e. The fraction of sp³-hybridized carbons (Fsp3) is 0.409. The minimum absolute atomic E-state index is 0.0976. The Kier molecular flexibility index (Phi) is 6.92. The van der Waals surface area contributed by atoms with E-state index in [4.69, 9.17) is 4.74 Å². The van der Waals surface area contributed by atoms with Gasteiger partial charge in [-0.3, -0.25) is 4.79 Å². The summed E-state index contributed by atoms with van der Waals surface area (Å²) >= 11 is 0. The van der Waals surface area contributed by atoms with E-state index in [1.165, 1.54) is 10.4 Å². The number of anilines is 1. The minimum atomic E-state index is -3.69. The van der Waals surface area contributed by atoms with Gasteiger partial charge in [-0.25, -0.2) is 8.42 Å². The lowest BCUT2D eigenvalue weighted by Gasteiger charge is -2.27. The average Bonchev–Trinajstić information content (AvgIpc) is 2.75. The molecule has 6 nitrogen and oxygen atoms in total. The highest BCUT2D eigenvalue weighted by Gasteiger charge is 2.29. The first-order valence-electron chi connectivity index (χ1n) is 10.1. The topological polar surface area (TPSA) is 75.7 Å². The molecule has 1 aliphatic rings. The summed E-state index contributed by atoms with van der Waals surface area (Å²) in [5, 5.41) is 2.80. The van der Waals surface area contributed by atoms with Crippen molar-refractivity contribution in [3.05, 3.63) is 53.6 Å². The van der Waals surface area contributed by atoms with E-state index in [-0.39, 0.29) is 10.8 Å². The molecular weight excluding hydrogens is 388 g/mol. The van der Waals surface area contributed by atoms with Crippen molar-refractivity contribution in [3.8, 4) is 5.75 Å². The zero-order chi connectivity index (χ0) is 20.9. The highest BCUT2D eigenvalue weighted by molar-refractivity contribution is 7.89. The van der Waals surface area contributed by atoms with Crippen LogP contribution in [0.3, 0.4) is 0 Å². The maximum Gasteiger partial charge on any atom is 0.255 e. The molecule has 156 valence electrons. The molecule has 1 saturated heterocycles. The zero-order valence-corrected chi connectivity index (χ0v) is 17.8. The Morgan fingerprint density at radius 3 is 2.34 bits per heavy atom. The summed E-state index contributed by atoms with van der Waals surface area (Å²) in [4.78, 5) is 12.7. The van der Waals surface area contributed by atoms with Crippen LogP contribution in [0.15, 0.2) is 47.4 Å². The first-order chi connectivity index (χ1) is 14.0. The van der Waals surface area contributed by atoms with Crippen LogP contribution in [0.5, 0.6) is 5.75 Å². The highest BCUT2D eigenvalue weighted by atomic mass is 32.2. The number of amides is 1. The average molecular weight is 417 g/mol. The Hall–Kier alpha value is -2.38. The minimum Gasteiger partial charge on any atom is -0.492 e. The summed E-state index contributed by atoms with van der Waals surface area (Å²) < 4.78 is 33.5. The normalized spacial score (nSPS) is 15.1. The van der Waals surface area contributed by atoms with E-state index in [0.29, 0.717) is 36.7 Å². The summed E-state index contributed by atoms with van der Waals surface area (Å²) in [5.41, 5.74) is 2.10. The van der Waals surface area contributed by atoms with Crippen molar-refractivity contribution in [2.45, 2.75) is 44.4 Å². The lowest BCUT2D eigenvalue weighted by Crippen LogP contribution is -2.35.